The summed E-state index contributed by atoms with van der Waals surface area (Å²) in [6.07, 6.45) is -2.69. The van der Waals surface area contributed by atoms with Gasteiger partial charge in [0.15, 0.2) is 5.65 Å². The van der Waals surface area contributed by atoms with Gasteiger partial charge in [0.1, 0.15) is 0 Å². The van der Waals surface area contributed by atoms with Crippen LogP contribution in [0.4, 0.5) is 13.2 Å². The standard InChI is InChI=1S/C21H24F3N3/c1-5-6-11-27-20-19(14(4)26-27)17(21(22,23)24)12-18(25-20)16-9-7-15(8-10-16)13(2)3/h7-10,12-13H,5-6,11H2,1-4H3. The van der Waals surface area contributed by atoms with Gasteiger partial charge in [-0.05, 0) is 30.9 Å². The molecule has 2 aromatic heterocycles. The van der Waals surface area contributed by atoms with E-state index in [1.807, 2.05) is 31.2 Å². The first-order valence-electron chi connectivity index (χ1n) is 9.28. The van der Waals surface area contributed by atoms with Gasteiger partial charge in [-0.1, -0.05) is 51.5 Å². The van der Waals surface area contributed by atoms with E-state index >= 15 is 0 Å². The number of hydrogen-bond donors (Lipinski definition) is 0. The number of unbranched alkanes of at least 4 members (excludes halogenated alkanes) is 1. The first kappa shape index (κ1) is 19.4. The maximum atomic E-state index is 13.8. The van der Waals surface area contributed by atoms with Crippen molar-refractivity contribution in [1.29, 1.82) is 0 Å². The van der Waals surface area contributed by atoms with Crippen molar-refractivity contribution in [3.05, 3.63) is 47.2 Å². The van der Waals surface area contributed by atoms with Crippen molar-refractivity contribution in [2.75, 3.05) is 0 Å². The zero-order valence-corrected chi connectivity index (χ0v) is 16.1. The highest BCUT2D eigenvalue weighted by atomic mass is 19.4. The van der Waals surface area contributed by atoms with Crippen LogP contribution in [0.5, 0.6) is 0 Å². The van der Waals surface area contributed by atoms with Gasteiger partial charge in [0.25, 0.3) is 0 Å². The predicted molar refractivity (Wildman–Crippen MR) is 102 cm³/mol. The molecule has 2 heterocycles. The van der Waals surface area contributed by atoms with E-state index in [-0.39, 0.29) is 5.39 Å². The molecular weight excluding hydrogens is 351 g/mol. The Morgan fingerprint density at radius 2 is 1.78 bits per heavy atom. The van der Waals surface area contributed by atoms with E-state index in [1.54, 1.807) is 11.6 Å². The van der Waals surface area contributed by atoms with Crippen LogP contribution in [-0.4, -0.2) is 14.8 Å². The van der Waals surface area contributed by atoms with Crippen molar-refractivity contribution in [2.45, 2.75) is 59.2 Å². The van der Waals surface area contributed by atoms with Crippen molar-refractivity contribution in [3.8, 4) is 11.3 Å². The van der Waals surface area contributed by atoms with Crippen LogP contribution >= 0.6 is 0 Å². The van der Waals surface area contributed by atoms with Crippen LogP contribution in [0, 0.1) is 6.92 Å². The zero-order chi connectivity index (χ0) is 19.8. The Labute approximate surface area is 157 Å². The third kappa shape index (κ3) is 3.84. The highest BCUT2D eigenvalue weighted by molar-refractivity contribution is 5.85. The maximum absolute atomic E-state index is 13.8. The van der Waals surface area contributed by atoms with Crippen LogP contribution < -0.4 is 0 Å². The number of aryl methyl sites for hydroxylation is 2. The summed E-state index contributed by atoms with van der Waals surface area (Å²) in [7, 11) is 0. The van der Waals surface area contributed by atoms with E-state index in [9.17, 15) is 13.2 Å². The molecule has 3 aromatic rings. The fourth-order valence-electron chi connectivity index (χ4n) is 3.23. The summed E-state index contributed by atoms with van der Waals surface area (Å²) < 4.78 is 42.9. The number of alkyl halides is 3. The highest BCUT2D eigenvalue weighted by Crippen LogP contribution is 2.38. The Kier molecular flexibility index (Phi) is 5.27. The Hall–Kier alpha value is -2.37. The molecule has 3 rings (SSSR count). The van der Waals surface area contributed by atoms with E-state index < -0.39 is 11.7 Å². The fraction of sp³-hybridized carbons (Fsp3) is 0.429. The summed E-state index contributed by atoms with van der Waals surface area (Å²) in [6.45, 7) is 8.36. The van der Waals surface area contributed by atoms with Gasteiger partial charge in [-0.2, -0.15) is 18.3 Å². The number of halogens is 3. The van der Waals surface area contributed by atoms with Crippen molar-refractivity contribution in [1.82, 2.24) is 14.8 Å². The molecule has 0 unspecified atom stereocenters. The Bertz CT molecular complexity index is 938. The maximum Gasteiger partial charge on any atom is 0.417 e. The SMILES string of the molecule is CCCCn1nc(C)c2c(C(F)(F)F)cc(-c3ccc(C(C)C)cc3)nc21. The zero-order valence-electron chi connectivity index (χ0n) is 16.1. The second-order valence-electron chi connectivity index (χ2n) is 7.19. The first-order chi connectivity index (χ1) is 12.7. The van der Waals surface area contributed by atoms with E-state index in [4.69, 9.17) is 0 Å². The number of aromatic nitrogens is 3. The molecule has 0 aliphatic carbocycles. The molecule has 3 nitrogen and oxygen atoms in total. The second kappa shape index (κ2) is 7.33. The van der Waals surface area contributed by atoms with Crippen LogP contribution in [0.15, 0.2) is 30.3 Å². The summed E-state index contributed by atoms with van der Waals surface area (Å²) in [6, 6.07) is 8.70. The predicted octanol–water partition coefficient (Wildman–Crippen LogP) is 6.35. The van der Waals surface area contributed by atoms with Gasteiger partial charge in [-0.15, -0.1) is 0 Å². The van der Waals surface area contributed by atoms with Gasteiger partial charge in [0, 0.05) is 12.1 Å². The lowest BCUT2D eigenvalue weighted by atomic mass is 9.99. The van der Waals surface area contributed by atoms with Gasteiger partial charge < -0.3 is 0 Å². The topological polar surface area (TPSA) is 30.7 Å². The number of benzene rings is 1. The molecule has 0 N–H and O–H groups in total. The Morgan fingerprint density at radius 3 is 2.33 bits per heavy atom. The molecule has 0 saturated carbocycles. The van der Waals surface area contributed by atoms with Crippen molar-refractivity contribution in [2.24, 2.45) is 0 Å². The van der Waals surface area contributed by atoms with Crippen LogP contribution in [-0.2, 0) is 12.7 Å². The molecule has 0 amide bonds. The number of hydrogen-bond acceptors (Lipinski definition) is 2. The summed E-state index contributed by atoms with van der Waals surface area (Å²) >= 11 is 0. The molecule has 6 heteroatoms. The first-order valence-corrected chi connectivity index (χ1v) is 9.28. The summed E-state index contributed by atoms with van der Waals surface area (Å²) in [5.41, 5.74) is 2.13. The van der Waals surface area contributed by atoms with Crippen LogP contribution in [0.2, 0.25) is 0 Å². The van der Waals surface area contributed by atoms with Crippen LogP contribution in [0.1, 0.15) is 56.4 Å². The second-order valence-corrected chi connectivity index (χ2v) is 7.19. The molecule has 144 valence electrons. The quantitative estimate of drug-likeness (QED) is 0.520. The molecule has 0 radical (unpaired) electrons. The minimum absolute atomic E-state index is 0.0983. The molecule has 0 saturated heterocycles. The van der Waals surface area contributed by atoms with Crippen LogP contribution in [0.25, 0.3) is 22.3 Å². The fourth-order valence-corrected chi connectivity index (χ4v) is 3.23. The molecule has 27 heavy (non-hydrogen) atoms. The van der Waals surface area contributed by atoms with Gasteiger partial charge in [0.05, 0.1) is 22.3 Å². The number of fused-ring (bicyclic) bond motifs is 1. The van der Waals surface area contributed by atoms with E-state index in [0.29, 0.717) is 35.1 Å². The van der Waals surface area contributed by atoms with Crippen LogP contribution in [0.3, 0.4) is 0 Å². The summed E-state index contributed by atoms with van der Waals surface area (Å²) in [5, 5.41) is 4.43. The number of rotatable bonds is 5. The van der Waals surface area contributed by atoms with Crippen molar-refractivity contribution in [3.63, 3.8) is 0 Å². The summed E-state index contributed by atoms with van der Waals surface area (Å²) in [4.78, 5) is 4.57. The average Bonchev–Trinajstić information content (AvgIpc) is 2.94. The van der Waals surface area contributed by atoms with E-state index in [0.717, 1.165) is 24.5 Å². The molecule has 0 atom stereocenters. The van der Waals surface area contributed by atoms with Crippen molar-refractivity contribution >= 4 is 11.0 Å². The van der Waals surface area contributed by atoms with Crippen molar-refractivity contribution < 1.29 is 13.2 Å². The number of nitrogens with zero attached hydrogens (tertiary/aromatic N) is 3. The average molecular weight is 375 g/mol. The monoisotopic (exact) mass is 375 g/mol. The third-order valence-electron chi connectivity index (χ3n) is 4.78. The van der Waals surface area contributed by atoms with E-state index in [1.165, 1.54) is 0 Å². The number of pyridine rings is 1. The van der Waals surface area contributed by atoms with E-state index in [2.05, 4.69) is 23.9 Å². The van der Waals surface area contributed by atoms with Gasteiger partial charge in [0.2, 0.25) is 0 Å². The lowest BCUT2D eigenvalue weighted by Crippen LogP contribution is -2.08. The van der Waals surface area contributed by atoms with Gasteiger partial charge in [-0.3, -0.25) is 0 Å². The lowest BCUT2D eigenvalue weighted by Gasteiger charge is -2.12. The normalized spacial score (nSPS) is 12.3. The summed E-state index contributed by atoms with van der Waals surface area (Å²) in [5.74, 6) is 0.360. The Morgan fingerprint density at radius 1 is 1.11 bits per heavy atom. The van der Waals surface area contributed by atoms with Gasteiger partial charge in [-0.25, -0.2) is 9.67 Å². The smallest absolute Gasteiger partial charge is 0.247 e. The molecule has 0 aliphatic rings. The minimum Gasteiger partial charge on any atom is -0.247 e. The third-order valence-corrected chi connectivity index (χ3v) is 4.78. The Balaban J connectivity index is 2.21. The molecule has 1 aromatic carbocycles. The molecule has 0 fully saturated rings. The molecule has 0 spiro atoms. The largest absolute Gasteiger partial charge is 0.417 e. The van der Waals surface area contributed by atoms with Gasteiger partial charge >= 0.3 is 6.18 Å². The minimum atomic E-state index is -4.46. The molecule has 0 aliphatic heterocycles. The highest BCUT2D eigenvalue weighted by Gasteiger charge is 2.35. The lowest BCUT2D eigenvalue weighted by molar-refractivity contribution is -0.136. The molecule has 0 bridgehead atoms. The molecular formula is C21H24F3N3.